The largest absolute Gasteiger partial charge is 0.302 e. The molecule has 0 aliphatic rings. The molecule has 0 aromatic carbocycles. The second-order valence-corrected chi connectivity index (χ2v) is 4.62. The van der Waals surface area contributed by atoms with E-state index in [2.05, 4.69) is 44.0 Å². The van der Waals surface area contributed by atoms with Crippen LogP contribution >= 0.6 is 0 Å². The molecule has 0 aliphatic carbocycles. The first-order valence-corrected chi connectivity index (χ1v) is 6.39. The molecule has 16 heavy (non-hydrogen) atoms. The highest BCUT2D eigenvalue weighted by Crippen LogP contribution is 2.16. The summed E-state index contributed by atoms with van der Waals surface area (Å²) in [4.78, 5) is 2.44. The van der Waals surface area contributed by atoms with E-state index in [-0.39, 0.29) is 5.54 Å². The van der Waals surface area contributed by atoms with Crippen LogP contribution in [0.2, 0.25) is 0 Å². The van der Waals surface area contributed by atoms with Crippen molar-refractivity contribution in [1.82, 2.24) is 10.2 Å². The standard InChI is InChI=1S/C13H27N3/c1-6-13(11-14,15-5)9-8-10-16(7-2)12(3)4/h12,15H,6-10H2,1-5H3. The van der Waals surface area contributed by atoms with E-state index in [1.165, 1.54) is 0 Å². The number of nitrogens with one attached hydrogen (secondary N) is 1. The van der Waals surface area contributed by atoms with Crippen LogP contribution in [0.15, 0.2) is 0 Å². The minimum atomic E-state index is -0.323. The van der Waals surface area contributed by atoms with Gasteiger partial charge in [0, 0.05) is 6.04 Å². The molecule has 1 unspecified atom stereocenters. The van der Waals surface area contributed by atoms with Crippen molar-refractivity contribution in [3.63, 3.8) is 0 Å². The quantitative estimate of drug-likeness (QED) is 0.689. The molecular formula is C13H27N3. The molecule has 0 amide bonds. The van der Waals surface area contributed by atoms with Gasteiger partial charge in [-0.3, -0.25) is 0 Å². The van der Waals surface area contributed by atoms with Crippen LogP contribution in [0.3, 0.4) is 0 Å². The lowest BCUT2D eigenvalue weighted by Crippen LogP contribution is -2.42. The Bertz CT molecular complexity index is 214. The SMILES string of the molecule is CCN(CCCC(C#N)(CC)NC)C(C)C. The van der Waals surface area contributed by atoms with Gasteiger partial charge in [-0.25, -0.2) is 0 Å². The Kier molecular flexibility index (Phi) is 7.36. The van der Waals surface area contributed by atoms with Crippen LogP contribution in [-0.4, -0.2) is 36.6 Å². The molecular weight excluding hydrogens is 198 g/mol. The molecule has 0 aliphatic heterocycles. The van der Waals surface area contributed by atoms with Crippen molar-refractivity contribution in [3.05, 3.63) is 0 Å². The molecule has 0 aromatic heterocycles. The lowest BCUT2D eigenvalue weighted by atomic mass is 9.92. The molecule has 0 aromatic rings. The van der Waals surface area contributed by atoms with Crippen LogP contribution in [0.1, 0.15) is 47.0 Å². The molecule has 1 N–H and O–H groups in total. The van der Waals surface area contributed by atoms with Crippen molar-refractivity contribution in [2.45, 2.75) is 58.5 Å². The number of hydrogen-bond donors (Lipinski definition) is 1. The molecule has 94 valence electrons. The smallest absolute Gasteiger partial charge is 0.106 e. The zero-order valence-corrected chi connectivity index (χ0v) is 11.5. The molecule has 0 saturated carbocycles. The highest BCUT2D eigenvalue weighted by atomic mass is 15.1. The molecule has 0 heterocycles. The molecule has 0 radical (unpaired) electrons. The van der Waals surface area contributed by atoms with E-state index in [1.54, 1.807) is 0 Å². The van der Waals surface area contributed by atoms with Crippen molar-refractivity contribution in [2.75, 3.05) is 20.1 Å². The van der Waals surface area contributed by atoms with E-state index in [0.29, 0.717) is 6.04 Å². The van der Waals surface area contributed by atoms with Crippen LogP contribution in [0.4, 0.5) is 0 Å². The first kappa shape index (κ1) is 15.4. The third-order valence-corrected chi connectivity index (χ3v) is 3.48. The summed E-state index contributed by atoms with van der Waals surface area (Å²) in [5, 5.41) is 12.3. The third-order valence-electron chi connectivity index (χ3n) is 3.48. The molecule has 3 heteroatoms. The highest BCUT2D eigenvalue weighted by molar-refractivity contribution is 5.05. The van der Waals surface area contributed by atoms with Gasteiger partial charge in [0.15, 0.2) is 0 Å². The maximum atomic E-state index is 9.18. The van der Waals surface area contributed by atoms with Crippen molar-refractivity contribution in [1.29, 1.82) is 5.26 Å². The Morgan fingerprint density at radius 1 is 1.38 bits per heavy atom. The van der Waals surface area contributed by atoms with Gasteiger partial charge in [-0.15, -0.1) is 0 Å². The van der Waals surface area contributed by atoms with E-state index in [1.807, 2.05) is 7.05 Å². The zero-order chi connectivity index (χ0) is 12.6. The fraction of sp³-hybridized carbons (Fsp3) is 0.923. The highest BCUT2D eigenvalue weighted by Gasteiger charge is 2.25. The number of nitrogens with zero attached hydrogens (tertiary/aromatic N) is 2. The van der Waals surface area contributed by atoms with Crippen LogP contribution in [0.5, 0.6) is 0 Å². The maximum Gasteiger partial charge on any atom is 0.106 e. The van der Waals surface area contributed by atoms with E-state index in [4.69, 9.17) is 0 Å². The van der Waals surface area contributed by atoms with E-state index < -0.39 is 0 Å². The summed E-state index contributed by atoms with van der Waals surface area (Å²) in [6, 6.07) is 3.00. The van der Waals surface area contributed by atoms with Gasteiger partial charge in [-0.1, -0.05) is 13.8 Å². The van der Waals surface area contributed by atoms with Crippen LogP contribution < -0.4 is 5.32 Å². The van der Waals surface area contributed by atoms with Crippen LogP contribution in [0, 0.1) is 11.3 Å². The molecule has 0 fully saturated rings. The number of rotatable bonds is 8. The summed E-state index contributed by atoms with van der Waals surface area (Å²) in [6.07, 6.45) is 2.88. The minimum Gasteiger partial charge on any atom is -0.302 e. The Hall–Kier alpha value is -0.590. The lowest BCUT2D eigenvalue weighted by Gasteiger charge is -2.28. The topological polar surface area (TPSA) is 39.1 Å². The second kappa shape index (κ2) is 7.65. The molecule has 0 saturated heterocycles. The zero-order valence-electron chi connectivity index (χ0n) is 11.5. The van der Waals surface area contributed by atoms with Crippen LogP contribution in [-0.2, 0) is 0 Å². The van der Waals surface area contributed by atoms with Crippen LogP contribution in [0.25, 0.3) is 0 Å². The van der Waals surface area contributed by atoms with E-state index in [0.717, 1.165) is 32.4 Å². The fourth-order valence-electron chi connectivity index (χ4n) is 2.03. The van der Waals surface area contributed by atoms with Crippen molar-refractivity contribution >= 4 is 0 Å². The van der Waals surface area contributed by atoms with Gasteiger partial charge >= 0.3 is 0 Å². The van der Waals surface area contributed by atoms with Crippen molar-refractivity contribution in [2.24, 2.45) is 0 Å². The first-order valence-electron chi connectivity index (χ1n) is 6.39. The predicted octanol–water partition coefficient (Wildman–Crippen LogP) is 2.39. The van der Waals surface area contributed by atoms with Gasteiger partial charge < -0.3 is 10.2 Å². The first-order chi connectivity index (χ1) is 7.55. The van der Waals surface area contributed by atoms with Gasteiger partial charge in [0.25, 0.3) is 0 Å². The maximum absolute atomic E-state index is 9.18. The molecule has 0 rings (SSSR count). The van der Waals surface area contributed by atoms with E-state index in [9.17, 15) is 5.26 Å². The third kappa shape index (κ3) is 4.51. The van der Waals surface area contributed by atoms with Gasteiger partial charge in [-0.05, 0) is 53.2 Å². The average molecular weight is 225 g/mol. The van der Waals surface area contributed by atoms with Gasteiger partial charge in [0.1, 0.15) is 5.54 Å². The Morgan fingerprint density at radius 2 is 2.00 bits per heavy atom. The van der Waals surface area contributed by atoms with E-state index >= 15 is 0 Å². The summed E-state index contributed by atoms with van der Waals surface area (Å²) in [5.74, 6) is 0. The Balaban J connectivity index is 4.09. The van der Waals surface area contributed by atoms with Crippen molar-refractivity contribution in [3.8, 4) is 6.07 Å². The minimum absolute atomic E-state index is 0.323. The summed E-state index contributed by atoms with van der Waals surface area (Å²) in [6.45, 7) is 10.9. The van der Waals surface area contributed by atoms with Gasteiger partial charge in [0.05, 0.1) is 6.07 Å². The monoisotopic (exact) mass is 225 g/mol. The van der Waals surface area contributed by atoms with Gasteiger partial charge in [0.2, 0.25) is 0 Å². The number of hydrogen-bond acceptors (Lipinski definition) is 3. The summed E-state index contributed by atoms with van der Waals surface area (Å²) in [7, 11) is 1.88. The second-order valence-electron chi connectivity index (χ2n) is 4.62. The number of nitriles is 1. The summed E-state index contributed by atoms with van der Waals surface area (Å²) < 4.78 is 0. The molecule has 1 atom stereocenters. The Morgan fingerprint density at radius 3 is 2.31 bits per heavy atom. The average Bonchev–Trinajstić information content (AvgIpc) is 2.30. The predicted molar refractivity (Wildman–Crippen MR) is 69.3 cm³/mol. The van der Waals surface area contributed by atoms with Gasteiger partial charge in [-0.2, -0.15) is 5.26 Å². The normalized spacial score (nSPS) is 15.1. The lowest BCUT2D eigenvalue weighted by molar-refractivity contribution is 0.220. The molecule has 0 bridgehead atoms. The Labute approximate surface area is 101 Å². The fourth-order valence-corrected chi connectivity index (χ4v) is 2.03. The summed E-state index contributed by atoms with van der Waals surface area (Å²) in [5.41, 5.74) is -0.323. The summed E-state index contributed by atoms with van der Waals surface area (Å²) >= 11 is 0. The molecule has 0 spiro atoms. The van der Waals surface area contributed by atoms with Crippen molar-refractivity contribution < 1.29 is 0 Å². The molecule has 3 nitrogen and oxygen atoms in total.